The fourth-order valence-electron chi connectivity index (χ4n) is 4.12. The quantitative estimate of drug-likeness (QED) is 0.190. The summed E-state index contributed by atoms with van der Waals surface area (Å²) in [7, 11) is 0. The summed E-state index contributed by atoms with van der Waals surface area (Å²) in [6, 6.07) is 23.5. The van der Waals surface area contributed by atoms with Crippen LogP contribution in [0.5, 0.6) is 0 Å². The number of nitrogens with zero attached hydrogens (tertiary/aromatic N) is 2. The van der Waals surface area contributed by atoms with Gasteiger partial charge in [0, 0.05) is 35.4 Å². The number of thioether (sulfide) groups is 1. The van der Waals surface area contributed by atoms with Crippen molar-refractivity contribution in [1.29, 1.82) is 0 Å². The molecule has 0 saturated carbocycles. The van der Waals surface area contributed by atoms with Gasteiger partial charge in [-0.1, -0.05) is 69.0 Å². The number of carbonyl (C=O) groups is 2. The minimum absolute atomic E-state index is 0.134. The normalized spacial score (nSPS) is 13.3. The Hall–Kier alpha value is -3.88. The minimum Gasteiger partial charge on any atom is -0.345 e. The molecule has 0 aliphatic carbocycles. The number of carbonyl (C=O) groups excluding carboxylic acids is 2. The Bertz CT molecular complexity index is 1370. The van der Waals surface area contributed by atoms with E-state index in [2.05, 4.69) is 40.4 Å². The molecule has 196 valence electrons. The average Bonchev–Trinajstić information content (AvgIpc) is 2.92. The molecule has 0 aromatic heterocycles. The van der Waals surface area contributed by atoms with E-state index in [1.807, 2.05) is 68.4 Å². The largest absolute Gasteiger partial charge is 0.345 e. The number of hydrogen-bond donors (Lipinski definition) is 3. The summed E-state index contributed by atoms with van der Waals surface area (Å²) in [5.74, 6) is 0.314. The van der Waals surface area contributed by atoms with Gasteiger partial charge in [0.15, 0.2) is 5.84 Å². The number of aliphatic imine (C=N–C) groups is 1. The highest BCUT2D eigenvalue weighted by Gasteiger charge is 2.23. The Labute approximate surface area is 227 Å². The molecular formula is C30H32N4O3S. The van der Waals surface area contributed by atoms with E-state index in [9.17, 15) is 14.8 Å². The predicted octanol–water partition coefficient (Wildman–Crippen LogP) is 5.63. The molecule has 3 aromatic rings. The van der Waals surface area contributed by atoms with Gasteiger partial charge < -0.3 is 10.6 Å². The third kappa shape index (κ3) is 6.51. The molecule has 8 heteroatoms. The van der Waals surface area contributed by atoms with Crippen LogP contribution in [-0.4, -0.2) is 39.7 Å². The molecule has 0 spiro atoms. The van der Waals surface area contributed by atoms with Gasteiger partial charge in [-0.2, -0.15) is 0 Å². The van der Waals surface area contributed by atoms with E-state index >= 15 is 0 Å². The van der Waals surface area contributed by atoms with E-state index in [-0.39, 0.29) is 29.6 Å². The van der Waals surface area contributed by atoms with Crippen molar-refractivity contribution in [2.24, 2.45) is 10.9 Å². The van der Waals surface area contributed by atoms with Gasteiger partial charge in [-0.15, -0.1) is 11.8 Å². The number of hydroxylamine groups is 2. The second-order valence-corrected chi connectivity index (χ2v) is 10.6. The van der Waals surface area contributed by atoms with Gasteiger partial charge in [-0.25, -0.2) is 10.1 Å². The molecule has 38 heavy (non-hydrogen) atoms. The lowest BCUT2D eigenvalue weighted by Gasteiger charge is -2.27. The molecule has 1 unspecified atom stereocenters. The number of amidine groups is 1. The van der Waals surface area contributed by atoms with Gasteiger partial charge in [0.05, 0.1) is 11.7 Å². The summed E-state index contributed by atoms with van der Waals surface area (Å²) in [4.78, 5) is 29.8. The summed E-state index contributed by atoms with van der Waals surface area (Å²) < 4.78 is 0. The molecule has 0 saturated heterocycles. The number of nitrogens with one attached hydrogen (secondary N) is 2. The number of para-hydroxylation sites is 1. The first kappa shape index (κ1) is 27.2. The van der Waals surface area contributed by atoms with Crippen LogP contribution < -0.4 is 10.6 Å². The fourth-order valence-corrected chi connectivity index (χ4v) is 5.34. The highest BCUT2D eigenvalue weighted by molar-refractivity contribution is 7.99. The van der Waals surface area contributed by atoms with Crippen molar-refractivity contribution in [3.8, 4) is 11.1 Å². The Morgan fingerprint density at radius 1 is 1.05 bits per heavy atom. The number of hydrogen-bond acceptors (Lipinski definition) is 6. The molecule has 2 amide bonds. The third-order valence-corrected chi connectivity index (χ3v) is 7.45. The molecule has 4 rings (SSSR count). The van der Waals surface area contributed by atoms with Crippen LogP contribution >= 0.6 is 11.8 Å². The molecule has 3 N–H and O–H groups in total. The number of fused-ring (bicyclic) bond motifs is 1. The summed E-state index contributed by atoms with van der Waals surface area (Å²) in [5.41, 5.74) is 5.32. The van der Waals surface area contributed by atoms with Gasteiger partial charge in [0.1, 0.15) is 0 Å². The topological polar surface area (TPSA) is 94.0 Å². The van der Waals surface area contributed by atoms with Gasteiger partial charge in [-0.05, 0) is 46.9 Å². The van der Waals surface area contributed by atoms with Gasteiger partial charge in [-0.3, -0.25) is 14.8 Å². The summed E-state index contributed by atoms with van der Waals surface area (Å²) in [5, 5.41) is 16.9. The van der Waals surface area contributed by atoms with Crippen LogP contribution in [0.1, 0.15) is 31.9 Å². The molecule has 3 aromatic carbocycles. The molecule has 1 heterocycles. The first-order valence-corrected chi connectivity index (χ1v) is 13.4. The smallest absolute Gasteiger partial charge is 0.287 e. The fraction of sp³-hybridized carbons (Fsp3) is 0.233. The van der Waals surface area contributed by atoms with Crippen molar-refractivity contribution in [3.63, 3.8) is 0 Å². The Morgan fingerprint density at radius 3 is 2.50 bits per heavy atom. The van der Waals surface area contributed by atoms with E-state index < -0.39 is 0 Å². The molecule has 1 atom stereocenters. The lowest BCUT2D eigenvalue weighted by molar-refractivity contribution is -0.174. The lowest BCUT2D eigenvalue weighted by Crippen LogP contribution is -2.41. The molecule has 0 fully saturated rings. The van der Waals surface area contributed by atoms with E-state index in [1.54, 1.807) is 11.8 Å². The molecule has 1 aliphatic rings. The third-order valence-electron chi connectivity index (χ3n) is 6.34. The number of rotatable bonds is 9. The SMILES string of the molecule is C=C1NC(C(=O)NCc2cccc(-c3ccc(SCC(C(C)C)N(O)C(C)=O)cc3)c2)=Nc2ccccc21. The van der Waals surface area contributed by atoms with Gasteiger partial charge in [0.25, 0.3) is 5.91 Å². The van der Waals surface area contributed by atoms with Crippen LogP contribution in [0.4, 0.5) is 5.69 Å². The molecular weight excluding hydrogens is 496 g/mol. The molecule has 7 nitrogen and oxygen atoms in total. The Balaban J connectivity index is 1.37. The summed E-state index contributed by atoms with van der Waals surface area (Å²) in [6.45, 7) is 9.71. The Morgan fingerprint density at radius 2 is 1.79 bits per heavy atom. The number of amides is 2. The van der Waals surface area contributed by atoms with E-state index in [4.69, 9.17) is 0 Å². The van der Waals surface area contributed by atoms with E-state index in [1.165, 1.54) is 6.92 Å². The second kappa shape index (κ2) is 12.1. The average molecular weight is 529 g/mol. The first-order chi connectivity index (χ1) is 18.2. The second-order valence-electron chi connectivity index (χ2n) is 9.47. The Kier molecular flexibility index (Phi) is 8.66. The zero-order chi connectivity index (χ0) is 27.2. The highest BCUT2D eigenvalue weighted by Crippen LogP contribution is 2.28. The van der Waals surface area contributed by atoms with Crippen molar-refractivity contribution in [1.82, 2.24) is 15.7 Å². The summed E-state index contributed by atoms with van der Waals surface area (Å²) in [6.07, 6.45) is 0. The number of benzene rings is 3. The molecule has 0 radical (unpaired) electrons. The summed E-state index contributed by atoms with van der Waals surface area (Å²) >= 11 is 1.61. The lowest BCUT2D eigenvalue weighted by atomic mass is 10.0. The molecule has 0 bridgehead atoms. The van der Waals surface area contributed by atoms with Gasteiger partial charge in [0.2, 0.25) is 5.91 Å². The predicted molar refractivity (Wildman–Crippen MR) is 153 cm³/mol. The van der Waals surface area contributed by atoms with Crippen molar-refractivity contribution in [2.45, 2.75) is 38.3 Å². The van der Waals surface area contributed by atoms with Crippen LogP contribution in [0.2, 0.25) is 0 Å². The van der Waals surface area contributed by atoms with Crippen molar-refractivity contribution >= 4 is 40.8 Å². The van der Waals surface area contributed by atoms with Crippen LogP contribution in [0.3, 0.4) is 0 Å². The van der Waals surface area contributed by atoms with E-state index in [0.29, 0.717) is 18.0 Å². The zero-order valence-electron chi connectivity index (χ0n) is 21.8. The van der Waals surface area contributed by atoms with E-state index in [0.717, 1.165) is 37.9 Å². The van der Waals surface area contributed by atoms with Crippen LogP contribution in [0, 0.1) is 5.92 Å². The van der Waals surface area contributed by atoms with Gasteiger partial charge >= 0.3 is 0 Å². The van der Waals surface area contributed by atoms with Crippen molar-refractivity contribution in [3.05, 3.63) is 90.5 Å². The highest BCUT2D eigenvalue weighted by atomic mass is 32.2. The zero-order valence-corrected chi connectivity index (χ0v) is 22.6. The van der Waals surface area contributed by atoms with Crippen molar-refractivity contribution < 1.29 is 14.8 Å². The van der Waals surface area contributed by atoms with Crippen molar-refractivity contribution in [2.75, 3.05) is 5.75 Å². The maximum atomic E-state index is 12.8. The van der Waals surface area contributed by atoms with Crippen LogP contribution in [0.15, 0.2) is 89.3 Å². The van der Waals surface area contributed by atoms with Crippen LogP contribution in [-0.2, 0) is 16.1 Å². The maximum Gasteiger partial charge on any atom is 0.287 e. The first-order valence-electron chi connectivity index (χ1n) is 12.5. The minimum atomic E-state index is -0.352. The van der Waals surface area contributed by atoms with Crippen LogP contribution in [0.25, 0.3) is 16.8 Å². The molecule has 1 aliphatic heterocycles. The standard InChI is InChI=1S/C30H32N4O3S/c1-19(2)28(34(37)21(4)35)18-38-25-14-12-23(13-15-25)24-9-7-8-22(16-24)17-31-30(36)29-32-20(3)26-10-5-6-11-27(26)33-29/h5-16,19,28,37H,3,17-18H2,1-2,4H3,(H,31,36)(H,32,33). The monoisotopic (exact) mass is 528 g/mol. The maximum absolute atomic E-state index is 12.8.